The van der Waals surface area contributed by atoms with Crippen molar-refractivity contribution in [1.82, 2.24) is 5.32 Å². The van der Waals surface area contributed by atoms with Crippen LogP contribution in [0, 0.1) is 11.3 Å². The zero-order chi connectivity index (χ0) is 13.1. The van der Waals surface area contributed by atoms with Crippen molar-refractivity contribution in [2.45, 2.75) is 12.8 Å². The number of amides is 2. The second-order valence-corrected chi connectivity index (χ2v) is 4.14. The Morgan fingerprint density at radius 3 is 3.00 bits per heavy atom. The molecule has 1 heterocycles. The summed E-state index contributed by atoms with van der Waals surface area (Å²) in [6, 6.07) is 7.03. The van der Waals surface area contributed by atoms with Crippen LogP contribution in [0.4, 0.5) is 5.69 Å². The Labute approximate surface area is 105 Å². The molecule has 0 radical (unpaired) electrons. The fraction of sp³-hybridized carbons (Fsp3) is 0.308. The first-order chi connectivity index (χ1) is 8.67. The van der Waals surface area contributed by atoms with Crippen LogP contribution in [0.5, 0.6) is 0 Å². The lowest BCUT2D eigenvalue weighted by Crippen LogP contribution is -2.32. The Balaban J connectivity index is 2.30. The SMILES string of the molecule is CNCCc1ccc2c(c1)CC(=O)N2C(=O)C#N. The van der Waals surface area contributed by atoms with E-state index < -0.39 is 5.91 Å². The van der Waals surface area contributed by atoms with Crippen LogP contribution in [-0.2, 0) is 22.4 Å². The maximum Gasteiger partial charge on any atom is 0.336 e. The second-order valence-electron chi connectivity index (χ2n) is 4.14. The number of benzene rings is 1. The van der Waals surface area contributed by atoms with Crippen LogP contribution in [0.3, 0.4) is 0 Å². The highest BCUT2D eigenvalue weighted by atomic mass is 16.2. The van der Waals surface area contributed by atoms with Crippen molar-refractivity contribution in [1.29, 1.82) is 5.26 Å². The number of hydrogen-bond donors (Lipinski definition) is 1. The third-order valence-corrected chi connectivity index (χ3v) is 2.94. The number of imide groups is 1. The zero-order valence-corrected chi connectivity index (χ0v) is 10.1. The van der Waals surface area contributed by atoms with Gasteiger partial charge in [0.05, 0.1) is 12.1 Å². The minimum Gasteiger partial charge on any atom is -0.319 e. The zero-order valence-electron chi connectivity index (χ0n) is 10.1. The van der Waals surface area contributed by atoms with E-state index in [-0.39, 0.29) is 12.3 Å². The van der Waals surface area contributed by atoms with Crippen molar-refractivity contribution in [2.24, 2.45) is 0 Å². The lowest BCUT2D eigenvalue weighted by molar-refractivity contribution is -0.122. The van der Waals surface area contributed by atoms with Crippen molar-refractivity contribution >= 4 is 17.5 Å². The summed E-state index contributed by atoms with van der Waals surface area (Å²) in [6.45, 7) is 0.855. The molecule has 0 unspecified atom stereocenters. The molecular formula is C13H13N3O2. The molecule has 1 N–H and O–H groups in total. The molecule has 0 saturated carbocycles. The summed E-state index contributed by atoms with van der Waals surface area (Å²) in [7, 11) is 1.88. The number of nitriles is 1. The van der Waals surface area contributed by atoms with E-state index in [0.717, 1.165) is 29.0 Å². The first kappa shape index (κ1) is 12.3. The molecule has 5 nitrogen and oxygen atoms in total. The highest BCUT2D eigenvalue weighted by molar-refractivity contribution is 6.23. The molecule has 0 aliphatic carbocycles. The minimum absolute atomic E-state index is 0.191. The first-order valence-corrected chi connectivity index (χ1v) is 5.70. The Hall–Kier alpha value is -2.19. The number of anilines is 1. The van der Waals surface area contributed by atoms with E-state index in [0.29, 0.717) is 5.69 Å². The molecule has 92 valence electrons. The Bertz CT molecular complexity index is 546. The number of likely N-dealkylation sites (N-methyl/N-ethyl adjacent to an activating group) is 1. The Morgan fingerprint density at radius 2 is 2.33 bits per heavy atom. The van der Waals surface area contributed by atoms with E-state index in [1.165, 1.54) is 6.07 Å². The molecule has 1 aliphatic rings. The van der Waals surface area contributed by atoms with Crippen molar-refractivity contribution in [3.8, 4) is 6.07 Å². The predicted octanol–water partition coefficient (Wildman–Crippen LogP) is 0.388. The van der Waals surface area contributed by atoms with Gasteiger partial charge in [0.2, 0.25) is 5.91 Å². The highest BCUT2D eigenvalue weighted by Gasteiger charge is 2.32. The van der Waals surface area contributed by atoms with E-state index in [1.54, 1.807) is 6.07 Å². The fourth-order valence-corrected chi connectivity index (χ4v) is 2.07. The van der Waals surface area contributed by atoms with Crippen molar-refractivity contribution in [3.63, 3.8) is 0 Å². The van der Waals surface area contributed by atoms with Gasteiger partial charge >= 0.3 is 5.91 Å². The first-order valence-electron chi connectivity index (χ1n) is 5.70. The quantitative estimate of drug-likeness (QED) is 0.779. The summed E-state index contributed by atoms with van der Waals surface area (Å²) < 4.78 is 0. The summed E-state index contributed by atoms with van der Waals surface area (Å²) in [5.74, 6) is -1.15. The molecule has 2 rings (SSSR count). The van der Waals surface area contributed by atoms with E-state index in [1.807, 2.05) is 19.2 Å². The number of nitrogens with one attached hydrogen (secondary N) is 1. The molecule has 5 heteroatoms. The van der Waals surface area contributed by atoms with Crippen LogP contribution in [-0.4, -0.2) is 25.4 Å². The molecule has 18 heavy (non-hydrogen) atoms. The van der Waals surface area contributed by atoms with E-state index >= 15 is 0 Å². The van der Waals surface area contributed by atoms with Gasteiger partial charge in [-0.3, -0.25) is 9.59 Å². The minimum atomic E-state index is -0.818. The van der Waals surface area contributed by atoms with Crippen molar-refractivity contribution < 1.29 is 9.59 Å². The molecule has 0 atom stereocenters. The molecule has 0 spiro atoms. The number of fused-ring (bicyclic) bond motifs is 1. The summed E-state index contributed by atoms with van der Waals surface area (Å²) in [6.07, 6.45) is 1.06. The van der Waals surface area contributed by atoms with Crippen LogP contribution in [0.1, 0.15) is 11.1 Å². The third-order valence-electron chi connectivity index (χ3n) is 2.94. The Kier molecular flexibility index (Phi) is 3.40. The van der Waals surface area contributed by atoms with Gasteiger partial charge in [-0.05, 0) is 37.2 Å². The van der Waals surface area contributed by atoms with Gasteiger partial charge in [-0.15, -0.1) is 0 Å². The normalized spacial score (nSPS) is 13.3. The number of rotatable bonds is 3. The van der Waals surface area contributed by atoms with Crippen LogP contribution in [0.2, 0.25) is 0 Å². The third kappa shape index (κ3) is 2.11. The second kappa shape index (κ2) is 4.98. The van der Waals surface area contributed by atoms with Gasteiger partial charge in [0.25, 0.3) is 0 Å². The molecule has 2 amide bonds. The standard InChI is InChI=1S/C13H13N3O2/c1-15-5-4-9-2-3-11-10(6-9)7-12(17)16(11)13(18)8-14/h2-3,6,15H,4-5,7H2,1H3. The smallest absolute Gasteiger partial charge is 0.319 e. The lowest BCUT2D eigenvalue weighted by Gasteiger charge is -2.11. The molecule has 0 bridgehead atoms. The fourth-order valence-electron chi connectivity index (χ4n) is 2.07. The highest BCUT2D eigenvalue weighted by Crippen LogP contribution is 2.29. The summed E-state index contributed by atoms with van der Waals surface area (Å²) in [4.78, 5) is 24.0. The summed E-state index contributed by atoms with van der Waals surface area (Å²) in [5, 5.41) is 11.7. The van der Waals surface area contributed by atoms with E-state index in [2.05, 4.69) is 5.32 Å². The lowest BCUT2D eigenvalue weighted by atomic mass is 10.1. The van der Waals surface area contributed by atoms with E-state index in [4.69, 9.17) is 5.26 Å². The molecule has 0 saturated heterocycles. The van der Waals surface area contributed by atoms with Crippen LogP contribution >= 0.6 is 0 Å². The van der Waals surface area contributed by atoms with Gasteiger partial charge in [-0.25, -0.2) is 4.90 Å². The topological polar surface area (TPSA) is 73.2 Å². The molecule has 0 aromatic heterocycles. The summed E-state index contributed by atoms with van der Waals surface area (Å²) in [5.41, 5.74) is 2.47. The van der Waals surface area contributed by atoms with E-state index in [9.17, 15) is 9.59 Å². The molecule has 1 aromatic rings. The van der Waals surface area contributed by atoms with Crippen LogP contribution in [0.15, 0.2) is 18.2 Å². The molecule has 1 aliphatic heterocycles. The van der Waals surface area contributed by atoms with Crippen molar-refractivity contribution in [2.75, 3.05) is 18.5 Å². The number of carbonyl (C=O) groups excluding carboxylic acids is 2. The Morgan fingerprint density at radius 1 is 1.56 bits per heavy atom. The average molecular weight is 243 g/mol. The van der Waals surface area contributed by atoms with Crippen LogP contribution < -0.4 is 10.2 Å². The van der Waals surface area contributed by atoms with Gasteiger partial charge in [-0.1, -0.05) is 12.1 Å². The van der Waals surface area contributed by atoms with Gasteiger partial charge in [-0.2, -0.15) is 5.26 Å². The average Bonchev–Trinajstić information content (AvgIpc) is 2.70. The van der Waals surface area contributed by atoms with Gasteiger partial charge in [0.15, 0.2) is 6.07 Å². The van der Waals surface area contributed by atoms with Crippen LogP contribution in [0.25, 0.3) is 0 Å². The maximum absolute atomic E-state index is 11.7. The monoisotopic (exact) mass is 243 g/mol. The van der Waals surface area contributed by atoms with Crippen molar-refractivity contribution in [3.05, 3.63) is 29.3 Å². The number of hydrogen-bond acceptors (Lipinski definition) is 4. The van der Waals surface area contributed by atoms with Gasteiger partial charge in [0, 0.05) is 0 Å². The molecule has 1 aromatic carbocycles. The largest absolute Gasteiger partial charge is 0.336 e. The summed E-state index contributed by atoms with van der Waals surface area (Å²) >= 11 is 0. The van der Waals surface area contributed by atoms with Gasteiger partial charge < -0.3 is 5.32 Å². The van der Waals surface area contributed by atoms with Gasteiger partial charge in [0.1, 0.15) is 0 Å². The number of nitrogens with zero attached hydrogens (tertiary/aromatic N) is 2. The maximum atomic E-state index is 11.7. The molecular weight excluding hydrogens is 230 g/mol. The predicted molar refractivity (Wildman–Crippen MR) is 65.9 cm³/mol. The molecule has 0 fully saturated rings. The number of carbonyl (C=O) groups is 2.